The van der Waals surface area contributed by atoms with Crippen LogP contribution in [0.5, 0.6) is 0 Å². The molecule has 2 heterocycles. The van der Waals surface area contributed by atoms with Gasteiger partial charge in [-0.1, -0.05) is 0 Å². The van der Waals surface area contributed by atoms with Crippen molar-refractivity contribution in [2.24, 2.45) is 0 Å². The van der Waals surface area contributed by atoms with E-state index in [0.717, 1.165) is 41.3 Å². The summed E-state index contributed by atoms with van der Waals surface area (Å²) < 4.78 is 8.48. The van der Waals surface area contributed by atoms with E-state index in [2.05, 4.69) is 50.7 Å². The molecule has 5 heteroatoms. The van der Waals surface area contributed by atoms with Crippen LogP contribution in [0.25, 0.3) is 0 Å². The van der Waals surface area contributed by atoms with Gasteiger partial charge in [0.25, 0.3) is 0 Å². The van der Waals surface area contributed by atoms with Crippen LogP contribution in [-0.2, 0) is 13.1 Å². The van der Waals surface area contributed by atoms with E-state index in [-0.39, 0.29) is 0 Å². The lowest BCUT2D eigenvalue weighted by molar-refractivity contribution is 0.454. The number of nitrogens with zero attached hydrogens (tertiary/aromatic N) is 2. The van der Waals surface area contributed by atoms with Gasteiger partial charge in [-0.2, -0.15) is 5.10 Å². The van der Waals surface area contributed by atoms with Crippen molar-refractivity contribution in [3.8, 4) is 0 Å². The molecule has 0 radical (unpaired) electrons. The molecule has 0 saturated heterocycles. The zero-order valence-corrected chi connectivity index (χ0v) is 12.9. The van der Waals surface area contributed by atoms with Crippen molar-refractivity contribution < 1.29 is 4.42 Å². The standard InChI is InChI=1S/C13H18IN3O/c1-10-8-11(2)17(16-10)7-3-6-15-9-12-4-5-13(14)18-12/h4-5,8,15H,3,6-7,9H2,1-2H3. The van der Waals surface area contributed by atoms with Crippen molar-refractivity contribution in [1.29, 1.82) is 0 Å². The van der Waals surface area contributed by atoms with E-state index in [1.807, 2.05) is 19.1 Å². The molecule has 0 fully saturated rings. The highest BCUT2D eigenvalue weighted by Gasteiger charge is 2.01. The first-order valence-electron chi connectivity index (χ1n) is 6.11. The molecule has 2 rings (SSSR count). The molecule has 0 aliphatic rings. The van der Waals surface area contributed by atoms with Crippen LogP contribution in [0.2, 0.25) is 0 Å². The molecule has 0 amide bonds. The maximum atomic E-state index is 5.48. The highest BCUT2D eigenvalue weighted by Crippen LogP contribution is 2.09. The Morgan fingerprint density at radius 3 is 2.83 bits per heavy atom. The van der Waals surface area contributed by atoms with Gasteiger partial charge in [-0.05, 0) is 67.6 Å². The molecular formula is C13H18IN3O. The largest absolute Gasteiger partial charge is 0.454 e. The number of rotatable bonds is 6. The quantitative estimate of drug-likeness (QED) is 0.637. The highest BCUT2D eigenvalue weighted by atomic mass is 127. The second kappa shape index (κ2) is 6.38. The van der Waals surface area contributed by atoms with Gasteiger partial charge in [0.15, 0.2) is 3.77 Å². The SMILES string of the molecule is Cc1cc(C)n(CCCNCc2ccc(I)o2)n1. The van der Waals surface area contributed by atoms with E-state index in [1.54, 1.807) is 0 Å². The second-order valence-electron chi connectivity index (χ2n) is 4.39. The number of aromatic nitrogens is 2. The Morgan fingerprint density at radius 2 is 2.22 bits per heavy atom. The molecule has 0 spiro atoms. The Hall–Kier alpha value is -0.820. The molecule has 0 aliphatic carbocycles. The van der Waals surface area contributed by atoms with Gasteiger partial charge in [0.05, 0.1) is 12.2 Å². The summed E-state index contributed by atoms with van der Waals surface area (Å²) in [5.74, 6) is 0.991. The molecule has 2 aromatic heterocycles. The third kappa shape index (κ3) is 3.84. The zero-order chi connectivity index (χ0) is 13.0. The number of aryl methyl sites for hydroxylation is 3. The summed E-state index contributed by atoms with van der Waals surface area (Å²) in [5.41, 5.74) is 2.32. The molecule has 98 valence electrons. The number of hydrogen-bond acceptors (Lipinski definition) is 3. The van der Waals surface area contributed by atoms with Gasteiger partial charge >= 0.3 is 0 Å². The van der Waals surface area contributed by atoms with Crippen molar-refractivity contribution in [3.63, 3.8) is 0 Å². The van der Waals surface area contributed by atoms with Crippen LogP contribution in [0.3, 0.4) is 0 Å². The van der Waals surface area contributed by atoms with Crippen molar-refractivity contribution in [2.75, 3.05) is 6.54 Å². The van der Waals surface area contributed by atoms with E-state index < -0.39 is 0 Å². The second-order valence-corrected chi connectivity index (χ2v) is 5.45. The topological polar surface area (TPSA) is 43.0 Å². The summed E-state index contributed by atoms with van der Waals surface area (Å²) >= 11 is 2.18. The fourth-order valence-electron chi connectivity index (χ4n) is 1.91. The van der Waals surface area contributed by atoms with Crippen LogP contribution in [0, 0.1) is 17.6 Å². The Morgan fingerprint density at radius 1 is 1.39 bits per heavy atom. The van der Waals surface area contributed by atoms with Gasteiger partial charge in [0, 0.05) is 12.2 Å². The summed E-state index contributed by atoms with van der Waals surface area (Å²) in [6, 6.07) is 6.10. The van der Waals surface area contributed by atoms with E-state index >= 15 is 0 Å². The molecule has 0 atom stereocenters. The van der Waals surface area contributed by atoms with Crippen LogP contribution in [-0.4, -0.2) is 16.3 Å². The molecule has 2 aromatic rings. The lowest BCUT2D eigenvalue weighted by Gasteiger charge is -2.05. The molecule has 4 nitrogen and oxygen atoms in total. The van der Waals surface area contributed by atoms with Crippen LogP contribution in [0.15, 0.2) is 22.6 Å². The van der Waals surface area contributed by atoms with Crippen molar-refractivity contribution in [1.82, 2.24) is 15.1 Å². The highest BCUT2D eigenvalue weighted by molar-refractivity contribution is 14.1. The predicted molar refractivity (Wildman–Crippen MR) is 79.4 cm³/mol. The van der Waals surface area contributed by atoms with Gasteiger partial charge in [0.2, 0.25) is 0 Å². The van der Waals surface area contributed by atoms with Crippen LogP contribution in [0.4, 0.5) is 0 Å². The third-order valence-corrected chi connectivity index (χ3v) is 3.33. The average molecular weight is 359 g/mol. The number of hydrogen-bond donors (Lipinski definition) is 1. The Balaban J connectivity index is 1.66. The van der Waals surface area contributed by atoms with E-state index in [1.165, 1.54) is 5.69 Å². The summed E-state index contributed by atoms with van der Waals surface area (Å²) in [7, 11) is 0. The molecule has 1 N–H and O–H groups in total. The summed E-state index contributed by atoms with van der Waals surface area (Å²) in [5, 5.41) is 7.81. The first-order valence-corrected chi connectivity index (χ1v) is 7.19. The van der Waals surface area contributed by atoms with Gasteiger partial charge in [-0.15, -0.1) is 0 Å². The minimum Gasteiger partial charge on any atom is -0.454 e. The minimum absolute atomic E-state index is 0.792. The fourth-order valence-corrected chi connectivity index (χ4v) is 2.38. The van der Waals surface area contributed by atoms with Crippen molar-refractivity contribution in [2.45, 2.75) is 33.4 Å². The van der Waals surface area contributed by atoms with Gasteiger partial charge in [-0.25, -0.2) is 0 Å². The van der Waals surface area contributed by atoms with E-state index in [4.69, 9.17) is 4.42 Å². The van der Waals surface area contributed by atoms with Gasteiger partial charge < -0.3 is 9.73 Å². The summed E-state index contributed by atoms with van der Waals surface area (Å²) in [6.45, 7) is 6.84. The Bertz CT molecular complexity index is 504. The van der Waals surface area contributed by atoms with Crippen LogP contribution >= 0.6 is 22.6 Å². The lowest BCUT2D eigenvalue weighted by Crippen LogP contribution is -2.16. The predicted octanol–water partition coefficient (Wildman–Crippen LogP) is 2.88. The Labute approximate surface area is 121 Å². The lowest BCUT2D eigenvalue weighted by atomic mass is 10.3. The number of halogens is 1. The molecule has 18 heavy (non-hydrogen) atoms. The third-order valence-electron chi connectivity index (χ3n) is 2.75. The maximum Gasteiger partial charge on any atom is 0.164 e. The normalized spacial score (nSPS) is 11.1. The first-order chi connectivity index (χ1) is 8.65. The maximum absolute atomic E-state index is 5.48. The van der Waals surface area contributed by atoms with Crippen molar-refractivity contribution >= 4 is 22.6 Å². The molecule has 0 saturated carbocycles. The summed E-state index contributed by atoms with van der Waals surface area (Å²) in [6.07, 6.45) is 1.07. The smallest absolute Gasteiger partial charge is 0.164 e. The van der Waals surface area contributed by atoms with Crippen molar-refractivity contribution in [3.05, 3.63) is 39.1 Å². The Kier molecular flexibility index (Phi) is 4.82. The van der Waals surface area contributed by atoms with E-state index in [9.17, 15) is 0 Å². The monoisotopic (exact) mass is 359 g/mol. The number of furan rings is 1. The van der Waals surface area contributed by atoms with Crippen LogP contribution < -0.4 is 5.32 Å². The number of nitrogens with one attached hydrogen (secondary N) is 1. The van der Waals surface area contributed by atoms with Crippen LogP contribution in [0.1, 0.15) is 23.6 Å². The average Bonchev–Trinajstić information content (AvgIpc) is 2.85. The van der Waals surface area contributed by atoms with E-state index in [0.29, 0.717) is 0 Å². The zero-order valence-electron chi connectivity index (χ0n) is 10.7. The first kappa shape index (κ1) is 13.6. The molecule has 0 bridgehead atoms. The summed E-state index contributed by atoms with van der Waals surface area (Å²) in [4.78, 5) is 0. The molecule has 0 aliphatic heterocycles. The fraction of sp³-hybridized carbons (Fsp3) is 0.462. The van der Waals surface area contributed by atoms with Gasteiger partial charge in [0.1, 0.15) is 5.76 Å². The molecule has 0 unspecified atom stereocenters. The van der Waals surface area contributed by atoms with Gasteiger partial charge in [-0.3, -0.25) is 4.68 Å². The molecular weight excluding hydrogens is 341 g/mol. The molecule has 0 aromatic carbocycles. The minimum atomic E-state index is 0.792.